The molecule has 72 valence electrons. The first-order valence-electron chi connectivity index (χ1n) is 4.43. The van der Waals surface area contributed by atoms with Crippen LogP contribution in [0.5, 0.6) is 0 Å². The molecule has 0 aliphatic rings. The van der Waals surface area contributed by atoms with Crippen LogP contribution in [0.3, 0.4) is 0 Å². The Labute approximate surface area is 73.4 Å². The molecule has 1 atom stereocenters. The number of aliphatic hydroxyl groups is 1. The lowest BCUT2D eigenvalue weighted by atomic mass is 9.91. The SMILES string of the molecule is CC(C)C(CCCCO)C(=O)O. The van der Waals surface area contributed by atoms with Gasteiger partial charge >= 0.3 is 5.97 Å². The Morgan fingerprint density at radius 2 is 1.92 bits per heavy atom. The van der Waals surface area contributed by atoms with Crippen LogP contribution in [0, 0.1) is 11.8 Å². The first kappa shape index (κ1) is 11.4. The van der Waals surface area contributed by atoms with Crippen molar-refractivity contribution < 1.29 is 15.0 Å². The minimum absolute atomic E-state index is 0.157. The lowest BCUT2D eigenvalue weighted by molar-refractivity contribution is -0.143. The standard InChI is InChI=1S/C9H18O3/c1-7(2)8(9(11)12)5-3-4-6-10/h7-8,10H,3-6H2,1-2H3,(H,11,12). The molecule has 0 heterocycles. The summed E-state index contributed by atoms with van der Waals surface area (Å²) in [5.41, 5.74) is 0. The summed E-state index contributed by atoms with van der Waals surface area (Å²) >= 11 is 0. The van der Waals surface area contributed by atoms with Gasteiger partial charge in [-0.3, -0.25) is 4.79 Å². The molecule has 12 heavy (non-hydrogen) atoms. The Balaban J connectivity index is 3.72. The van der Waals surface area contributed by atoms with Crippen molar-refractivity contribution in [2.24, 2.45) is 11.8 Å². The Morgan fingerprint density at radius 3 is 2.25 bits per heavy atom. The van der Waals surface area contributed by atoms with Gasteiger partial charge in [-0.05, 0) is 18.8 Å². The highest BCUT2D eigenvalue weighted by Crippen LogP contribution is 2.17. The maximum absolute atomic E-state index is 10.7. The van der Waals surface area contributed by atoms with Crippen molar-refractivity contribution in [1.82, 2.24) is 0 Å². The summed E-state index contributed by atoms with van der Waals surface area (Å²) in [5.74, 6) is -0.791. The Morgan fingerprint density at radius 1 is 1.33 bits per heavy atom. The van der Waals surface area contributed by atoms with Crippen LogP contribution >= 0.6 is 0 Å². The van der Waals surface area contributed by atoms with Gasteiger partial charge in [-0.15, -0.1) is 0 Å². The summed E-state index contributed by atoms with van der Waals surface area (Å²) in [6.07, 6.45) is 2.18. The van der Waals surface area contributed by atoms with Gasteiger partial charge in [-0.25, -0.2) is 0 Å². The number of carbonyl (C=O) groups is 1. The Hall–Kier alpha value is -0.570. The fraction of sp³-hybridized carbons (Fsp3) is 0.889. The number of hydrogen-bond acceptors (Lipinski definition) is 2. The van der Waals surface area contributed by atoms with Gasteiger partial charge < -0.3 is 10.2 Å². The van der Waals surface area contributed by atoms with E-state index in [0.717, 1.165) is 6.42 Å². The van der Waals surface area contributed by atoms with Crippen molar-refractivity contribution >= 4 is 5.97 Å². The fourth-order valence-electron chi connectivity index (χ4n) is 1.22. The first-order chi connectivity index (χ1) is 5.59. The molecule has 0 aliphatic carbocycles. The Kier molecular flexibility index (Phi) is 5.72. The lowest BCUT2D eigenvalue weighted by Crippen LogP contribution is -2.19. The summed E-state index contributed by atoms with van der Waals surface area (Å²) in [6, 6.07) is 0. The first-order valence-corrected chi connectivity index (χ1v) is 4.43. The van der Waals surface area contributed by atoms with Crippen LogP contribution in [0.4, 0.5) is 0 Å². The molecule has 0 bridgehead atoms. The third-order valence-corrected chi connectivity index (χ3v) is 2.05. The predicted molar refractivity (Wildman–Crippen MR) is 46.9 cm³/mol. The van der Waals surface area contributed by atoms with E-state index in [1.54, 1.807) is 0 Å². The largest absolute Gasteiger partial charge is 0.481 e. The highest BCUT2D eigenvalue weighted by atomic mass is 16.4. The smallest absolute Gasteiger partial charge is 0.306 e. The summed E-state index contributed by atoms with van der Waals surface area (Å²) in [7, 11) is 0. The quantitative estimate of drug-likeness (QED) is 0.600. The van der Waals surface area contributed by atoms with E-state index < -0.39 is 5.97 Å². The van der Waals surface area contributed by atoms with Crippen LogP contribution in [0.15, 0.2) is 0 Å². The van der Waals surface area contributed by atoms with Crippen LogP contribution in [-0.4, -0.2) is 22.8 Å². The molecule has 0 saturated carbocycles. The number of rotatable bonds is 6. The number of hydrogen-bond donors (Lipinski definition) is 2. The van der Waals surface area contributed by atoms with E-state index in [2.05, 4.69) is 0 Å². The van der Waals surface area contributed by atoms with Crippen LogP contribution in [-0.2, 0) is 4.79 Å². The van der Waals surface area contributed by atoms with Crippen LogP contribution < -0.4 is 0 Å². The minimum Gasteiger partial charge on any atom is -0.481 e. The molecule has 0 aromatic carbocycles. The molecule has 0 amide bonds. The second-order valence-electron chi connectivity index (χ2n) is 3.41. The predicted octanol–water partition coefficient (Wildman–Crippen LogP) is 1.51. The monoisotopic (exact) mass is 174 g/mol. The molecule has 0 radical (unpaired) electrons. The lowest BCUT2D eigenvalue weighted by Gasteiger charge is -2.15. The van der Waals surface area contributed by atoms with Gasteiger partial charge in [0.25, 0.3) is 0 Å². The van der Waals surface area contributed by atoms with Crippen LogP contribution in [0.1, 0.15) is 33.1 Å². The third kappa shape index (κ3) is 4.34. The summed E-state index contributed by atoms with van der Waals surface area (Å²) in [4.78, 5) is 10.7. The zero-order valence-electron chi connectivity index (χ0n) is 7.79. The average Bonchev–Trinajstić information content (AvgIpc) is 1.96. The fourth-order valence-corrected chi connectivity index (χ4v) is 1.22. The second kappa shape index (κ2) is 6.00. The minimum atomic E-state index is -0.720. The molecular weight excluding hydrogens is 156 g/mol. The zero-order valence-corrected chi connectivity index (χ0v) is 7.79. The number of aliphatic carboxylic acids is 1. The van der Waals surface area contributed by atoms with Crippen LogP contribution in [0.25, 0.3) is 0 Å². The van der Waals surface area contributed by atoms with Gasteiger partial charge in [-0.1, -0.05) is 20.3 Å². The van der Waals surface area contributed by atoms with Crippen molar-refractivity contribution in [1.29, 1.82) is 0 Å². The zero-order chi connectivity index (χ0) is 9.56. The van der Waals surface area contributed by atoms with Crippen molar-refractivity contribution in [3.05, 3.63) is 0 Å². The van der Waals surface area contributed by atoms with E-state index in [-0.39, 0.29) is 18.4 Å². The van der Waals surface area contributed by atoms with E-state index in [1.165, 1.54) is 0 Å². The molecule has 0 rings (SSSR count). The Bertz CT molecular complexity index is 132. The third-order valence-electron chi connectivity index (χ3n) is 2.05. The van der Waals surface area contributed by atoms with Gasteiger partial charge in [0, 0.05) is 6.61 Å². The van der Waals surface area contributed by atoms with E-state index in [0.29, 0.717) is 12.8 Å². The van der Waals surface area contributed by atoms with E-state index >= 15 is 0 Å². The van der Waals surface area contributed by atoms with Crippen molar-refractivity contribution in [2.45, 2.75) is 33.1 Å². The van der Waals surface area contributed by atoms with Gasteiger partial charge in [0.1, 0.15) is 0 Å². The number of unbranched alkanes of at least 4 members (excludes halogenated alkanes) is 1. The molecule has 3 nitrogen and oxygen atoms in total. The highest BCUT2D eigenvalue weighted by Gasteiger charge is 2.20. The number of carboxylic acid groups (broad SMARTS) is 1. The highest BCUT2D eigenvalue weighted by molar-refractivity contribution is 5.70. The van der Waals surface area contributed by atoms with E-state index in [9.17, 15) is 4.79 Å². The molecule has 0 spiro atoms. The van der Waals surface area contributed by atoms with Crippen molar-refractivity contribution in [3.63, 3.8) is 0 Å². The molecule has 1 unspecified atom stereocenters. The maximum atomic E-state index is 10.7. The number of aliphatic hydroxyl groups excluding tert-OH is 1. The molecule has 0 aromatic heterocycles. The van der Waals surface area contributed by atoms with Gasteiger partial charge in [0.2, 0.25) is 0 Å². The van der Waals surface area contributed by atoms with Crippen molar-refractivity contribution in [2.75, 3.05) is 6.61 Å². The van der Waals surface area contributed by atoms with Gasteiger partial charge in [0.05, 0.1) is 5.92 Å². The molecular formula is C9H18O3. The maximum Gasteiger partial charge on any atom is 0.306 e. The van der Waals surface area contributed by atoms with Crippen molar-refractivity contribution in [3.8, 4) is 0 Å². The van der Waals surface area contributed by atoms with E-state index in [1.807, 2.05) is 13.8 Å². The van der Waals surface area contributed by atoms with Crippen LogP contribution in [0.2, 0.25) is 0 Å². The van der Waals surface area contributed by atoms with E-state index in [4.69, 9.17) is 10.2 Å². The topological polar surface area (TPSA) is 57.5 Å². The molecule has 2 N–H and O–H groups in total. The molecule has 3 heteroatoms. The number of carboxylic acids is 1. The summed E-state index contributed by atoms with van der Waals surface area (Å²) in [5, 5.41) is 17.3. The molecule has 0 saturated heterocycles. The average molecular weight is 174 g/mol. The summed E-state index contributed by atoms with van der Waals surface area (Å²) < 4.78 is 0. The summed E-state index contributed by atoms with van der Waals surface area (Å²) in [6.45, 7) is 3.99. The molecule has 0 aromatic rings. The van der Waals surface area contributed by atoms with Gasteiger partial charge in [0.15, 0.2) is 0 Å². The molecule has 0 aliphatic heterocycles. The molecule has 0 fully saturated rings. The van der Waals surface area contributed by atoms with Gasteiger partial charge in [-0.2, -0.15) is 0 Å². The second-order valence-corrected chi connectivity index (χ2v) is 3.41. The normalized spacial score (nSPS) is 13.3.